The van der Waals surface area contributed by atoms with Crippen molar-refractivity contribution in [2.24, 2.45) is 0 Å². The van der Waals surface area contributed by atoms with Gasteiger partial charge >= 0.3 is 0 Å². The zero-order chi connectivity index (χ0) is 12.4. The van der Waals surface area contributed by atoms with Crippen LogP contribution in [0.4, 0.5) is 5.82 Å². The lowest BCUT2D eigenvalue weighted by atomic mass is 10.2. The van der Waals surface area contributed by atoms with Crippen molar-refractivity contribution in [1.82, 2.24) is 9.97 Å². The van der Waals surface area contributed by atoms with Crippen LogP contribution < -0.4 is 4.90 Å². The molecule has 0 radical (unpaired) electrons. The average molecular weight is 262 g/mol. The number of quaternary nitrogens is 1. The molecule has 0 saturated carbocycles. The largest absolute Gasteiger partial charge is 0.285 e. The fraction of sp³-hybridized carbons (Fsp3) is 0.571. The van der Waals surface area contributed by atoms with E-state index in [-0.39, 0.29) is 0 Å². The number of thiophene rings is 1. The van der Waals surface area contributed by atoms with E-state index in [9.17, 15) is 0 Å². The highest BCUT2D eigenvalue weighted by molar-refractivity contribution is 7.18. The van der Waals surface area contributed by atoms with Crippen LogP contribution in [0.25, 0.3) is 10.2 Å². The van der Waals surface area contributed by atoms with E-state index in [0.717, 1.165) is 11.3 Å². The van der Waals surface area contributed by atoms with Gasteiger partial charge in [0.15, 0.2) is 0 Å². The molecule has 0 aliphatic carbocycles. The molecule has 1 aliphatic rings. The quantitative estimate of drug-likeness (QED) is 0.900. The summed E-state index contributed by atoms with van der Waals surface area (Å²) in [5.41, 5.74) is 0. The van der Waals surface area contributed by atoms with Gasteiger partial charge in [0.1, 0.15) is 11.2 Å². The number of hydrogen-bond acceptors (Lipinski definition) is 3. The van der Waals surface area contributed by atoms with Crippen molar-refractivity contribution >= 4 is 27.4 Å². The van der Waals surface area contributed by atoms with Gasteiger partial charge in [0, 0.05) is 4.88 Å². The van der Waals surface area contributed by atoms with Crippen LogP contribution in [0.2, 0.25) is 0 Å². The first-order valence-corrected chi connectivity index (χ1v) is 7.78. The summed E-state index contributed by atoms with van der Waals surface area (Å²) < 4.78 is 0. The Morgan fingerprint density at radius 1 is 1.17 bits per heavy atom. The number of hydrogen-bond donors (Lipinski definition) is 1. The molecule has 96 valence electrons. The van der Waals surface area contributed by atoms with Crippen molar-refractivity contribution in [3.05, 3.63) is 17.3 Å². The highest BCUT2D eigenvalue weighted by atomic mass is 32.1. The maximum absolute atomic E-state index is 4.58. The summed E-state index contributed by atoms with van der Waals surface area (Å²) in [5, 5.41) is 1.29. The van der Waals surface area contributed by atoms with E-state index in [4.69, 9.17) is 0 Å². The summed E-state index contributed by atoms with van der Waals surface area (Å²) in [4.78, 5) is 13.1. The summed E-state index contributed by atoms with van der Waals surface area (Å²) in [6.45, 7) is 4.66. The normalized spacial score (nSPS) is 18.1. The molecule has 3 nitrogen and oxygen atoms in total. The van der Waals surface area contributed by atoms with E-state index < -0.39 is 0 Å². The van der Waals surface area contributed by atoms with E-state index >= 15 is 0 Å². The van der Waals surface area contributed by atoms with Crippen LogP contribution >= 0.6 is 11.3 Å². The Kier molecular flexibility index (Phi) is 3.57. The molecule has 1 fully saturated rings. The van der Waals surface area contributed by atoms with Gasteiger partial charge < -0.3 is 0 Å². The Bertz CT molecular complexity index is 527. The molecule has 3 heterocycles. The van der Waals surface area contributed by atoms with Crippen LogP contribution in [0.1, 0.15) is 37.5 Å². The SMILES string of the molecule is CCc1cc2c([NH+]3CCCCCC3)ncnc2s1. The molecule has 0 atom stereocenters. The molecule has 2 aromatic heterocycles. The Morgan fingerprint density at radius 3 is 2.67 bits per heavy atom. The molecular weight excluding hydrogens is 242 g/mol. The minimum absolute atomic E-state index is 1.09. The summed E-state index contributed by atoms with van der Waals surface area (Å²) in [7, 11) is 0. The van der Waals surface area contributed by atoms with Gasteiger partial charge in [0.25, 0.3) is 0 Å². The predicted molar refractivity (Wildman–Crippen MR) is 75.6 cm³/mol. The standard InChI is InChI=1S/C14H19N3S/c1-2-11-9-12-13(15-10-16-14(12)18-11)17-7-5-3-4-6-8-17/h9-10H,2-8H2,1H3/p+1. The van der Waals surface area contributed by atoms with Crippen LogP contribution in [0.3, 0.4) is 0 Å². The van der Waals surface area contributed by atoms with Crippen molar-refractivity contribution in [2.45, 2.75) is 39.0 Å². The smallest absolute Gasteiger partial charge is 0.237 e. The summed E-state index contributed by atoms with van der Waals surface area (Å²) in [6, 6.07) is 2.30. The molecule has 18 heavy (non-hydrogen) atoms. The van der Waals surface area contributed by atoms with Crippen LogP contribution in [-0.4, -0.2) is 23.1 Å². The number of nitrogens with one attached hydrogen (secondary N) is 1. The minimum atomic E-state index is 1.09. The van der Waals surface area contributed by atoms with E-state index in [1.807, 2.05) is 11.3 Å². The average Bonchev–Trinajstić information content (AvgIpc) is 2.64. The van der Waals surface area contributed by atoms with Crippen LogP contribution in [-0.2, 0) is 6.42 Å². The van der Waals surface area contributed by atoms with E-state index in [0.29, 0.717) is 0 Å². The van der Waals surface area contributed by atoms with Crippen molar-refractivity contribution in [2.75, 3.05) is 13.1 Å². The van der Waals surface area contributed by atoms with Crippen molar-refractivity contribution in [3.63, 3.8) is 0 Å². The van der Waals surface area contributed by atoms with Crippen LogP contribution in [0, 0.1) is 0 Å². The van der Waals surface area contributed by atoms with Crippen molar-refractivity contribution in [3.8, 4) is 0 Å². The van der Waals surface area contributed by atoms with Gasteiger partial charge in [-0.1, -0.05) is 6.92 Å². The third kappa shape index (κ3) is 2.27. The molecule has 0 aromatic carbocycles. The lowest BCUT2D eigenvalue weighted by molar-refractivity contribution is -0.833. The third-order valence-electron chi connectivity index (χ3n) is 3.77. The Balaban J connectivity index is 2.01. The number of fused-ring (bicyclic) bond motifs is 1. The molecule has 0 spiro atoms. The third-order valence-corrected chi connectivity index (χ3v) is 4.96. The first-order valence-electron chi connectivity index (χ1n) is 6.97. The highest BCUT2D eigenvalue weighted by Gasteiger charge is 2.20. The number of rotatable bonds is 2. The predicted octanol–water partition coefficient (Wildman–Crippen LogP) is 2.34. The van der Waals surface area contributed by atoms with Gasteiger partial charge in [0.2, 0.25) is 5.82 Å². The molecule has 2 aromatic rings. The molecular formula is C14H20N3S+. The monoisotopic (exact) mass is 262 g/mol. The molecule has 1 saturated heterocycles. The highest BCUT2D eigenvalue weighted by Crippen LogP contribution is 2.26. The zero-order valence-electron chi connectivity index (χ0n) is 10.9. The molecule has 4 heteroatoms. The summed E-state index contributed by atoms with van der Waals surface area (Å²) >= 11 is 1.82. The van der Waals surface area contributed by atoms with Crippen LogP contribution in [0.5, 0.6) is 0 Å². The second kappa shape index (κ2) is 5.33. The van der Waals surface area contributed by atoms with Crippen LogP contribution in [0.15, 0.2) is 12.4 Å². The first-order chi connectivity index (χ1) is 8.88. The topological polar surface area (TPSA) is 30.2 Å². The fourth-order valence-corrected chi connectivity index (χ4v) is 3.69. The second-order valence-electron chi connectivity index (χ2n) is 5.03. The molecule has 0 bridgehead atoms. The zero-order valence-corrected chi connectivity index (χ0v) is 11.7. The van der Waals surface area contributed by atoms with Gasteiger partial charge in [-0.25, -0.2) is 4.98 Å². The number of aromatic nitrogens is 2. The van der Waals surface area contributed by atoms with Gasteiger partial charge in [-0.05, 0) is 38.2 Å². The van der Waals surface area contributed by atoms with E-state index in [2.05, 4.69) is 23.0 Å². The Labute approximate surface area is 112 Å². The number of nitrogens with zero attached hydrogens (tertiary/aromatic N) is 2. The molecule has 3 rings (SSSR count). The van der Waals surface area contributed by atoms with E-state index in [1.165, 1.54) is 54.9 Å². The van der Waals surface area contributed by atoms with Gasteiger partial charge in [-0.15, -0.1) is 11.3 Å². The fourth-order valence-electron chi connectivity index (χ4n) is 2.75. The number of aryl methyl sites for hydroxylation is 1. The molecule has 1 N–H and O–H groups in total. The second-order valence-corrected chi connectivity index (χ2v) is 6.14. The van der Waals surface area contributed by atoms with Crippen molar-refractivity contribution < 1.29 is 4.90 Å². The Hall–Kier alpha value is -1.00. The molecule has 1 aliphatic heterocycles. The summed E-state index contributed by atoms with van der Waals surface area (Å²) in [5.74, 6) is 1.23. The van der Waals surface area contributed by atoms with Gasteiger partial charge in [0.05, 0.1) is 18.5 Å². The molecule has 0 amide bonds. The maximum atomic E-state index is 4.58. The minimum Gasteiger partial charge on any atom is -0.285 e. The Morgan fingerprint density at radius 2 is 1.94 bits per heavy atom. The van der Waals surface area contributed by atoms with E-state index in [1.54, 1.807) is 11.2 Å². The lowest BCUT2D eigenvalue weighted by Gasteiger charge is -2.15. The first kappa shape index (κ1) is 12.1. The maximum Gasteiger partial charge on any atom is 0.237 e. The van der Waals surface area contributed by atoms with Crippen molar-refractivity contribution in [1.29, 1.82) is 0 Å². The van der Waals surface area contributed by atoms with Gasteiger partial charge in [-0.2, -0.15) is 4.98 Å². The van der Waals surface area contributed by atoms with Gasteiger partial charge in [-0.3, -0.25) is 4.90 Å². The molecule has 0 unspecified atom stereocenters. The summed E-state index contributed by atoms with van der Waals surface area (Å²) in [6.07, 6.45) is 8.24. The lowest BCUT2D eigenvalue weighted by Crippen LogP contribution is -3.07.